The number of hydrogen-bond acceptors (Lipinski definition) is 3. The molecule has 0 amide bonds. The second-order valence-corrected chi connectivity index (χ2v) is 4.58. The maximum absolute atomic E-state index is 12.1. The third kappa shape index (κ3) is 3.29. The molecular formula is C17H13BNO2. The Kier molecular flexibility index (Phi) is 3.96. The minimum atomic E-state index is -0.128. The molecule has 0 aliphatic carbocycles. The second kappa shape index (κ2) is 6.22. The van der Waals surface area contributed by atoms with Crippen molar-refractivity contribution in [3.8, 4) is 5.75 Å². The molecular weight excluding hydrogens is 261 g/mol. The summed E-state index contributed by atoms with van der Waals surface area (Å²) < 4.78 is 5.48. The summed E-state index contributed by atoms with van der Waals surface area (Å²) in [6.07, 6.45) is 0. The van der Waals surface area contributed by atoms with Gasteiger partial charge in [-0.2, -0.15) is 0 Å². The van der Waals surface area contributed by atoms with Crippen LogP contribution in [-0.2, 0) is 0 Å². The molecule has 3 aromatic rings. The number of aromatic nitrogens is 1. The molecule has 1 heterocycles. The average molecular weight is 274 g/mol. The predicted molar refractivity (Wildman–Crippen MR) is 83.8 cm³/mol. The van der Waals surface area contributed by atoms with Crippen molar-refractivity contribution < 1.29 is 9.53 Å². The maximum atomic E-state index is 12.1. The lowest BCUT2D eigenvalue weighted by atomic mass is 9.73. The maximum Gasteiger partial charge on any atom is 0.260 e. The van der Waals surface area contributed by atoms with Crippen LogP contribution in [0.4, 0.5) is 0 Å². The SMILES string of the molecule is O=C([B]COc1ccccc1)c1ccc2ccccc2n1. The summed E-state index contributed by atoms with van der Waals surface area (Å²) in [5.74, 6) is 0.744. The number of fused-ring (bicyclic) bond motifs is 1. The summed E-state index contributed by atoms with van der Waals surface area (Å²) >= 11 is 0. The zero-order valence-corrected chi connectivity index (χ0v) is 11.4. The van der Waals surface area contributed by atoms with Crippen molar-refractivity contribution in [3.63, 3.8) is 0 Å². The van der Waals surface area contributed by atoms with Gasteiger partial charge in [-0.25, -0.2) is 4.98 Å². The van der Waals surface area contributed by atoms with Crippen LogP contribution < -0.4 is 4.74 Å². The fourth-order valence-corrected chi connectivity index (χ4v) is 2.04. The van der Waals surface area contributed by atoms with Gasteiger partial charge < -0.3 is 9.53 Å². The van der Waals surface area contributed by atoms with E-state index in [1.165, 1.54) is 7.28 Å². The van der Waals surface area contributed by atoms with Gasteiger partial charge in [0.1, 0.15) is 11.4 Å². The van der Waals surface area contributed by atoms with Crippen molar-refractivity contribution in [1.29, 1.82) is 0 Å². The Hall–Kier alpha value is -2.62. The van der Waals surface area contributed by atoms with Gasteiger partial charge in [-0.1, -0.05) is 42.5 Å². The Balaban J connectivity index is 1.64. The van der Waals surface area contributed by atoms with E-state index in [-0.39, 0.29) is 12.2 Å². The zero-order chi connectivity index (χ0) is 14.5. The molecule has 0 bridgehead atoms. The smallest absolute Gasteiger partial charge is 0.260 e. The molecule has 3 rings (SSSR count). The van der Waals surface area contributed by atoms with Gasteiger partial charge in [0.15, 0.2) is 0 Å². The molecule has 0 fully saturated rings. The standard InChI is InChI=1S/C17H13BNO2/c20-17(18-12-21-14-7-2-1-3-8-14)16-11-10-13-6-4-5-9-15(13)19-16/h1-11H,12H2. The molecule has 0 aliphatic rings. The number of ether oxygens (including phenoxy) is 1. The monoisotopic (exact) mass is 274 g/mol. The minimum absolute atomic E-state index is 0.128. The van der Waals surface area contributed by atoms with Gasteiger partial charge in [0.05, 0.1) is 17.7 Å². The summed E-state index contributed by atoms with van der Waals surface area (Å²) in [4.78, 5) is 16.4. The van der Waals surface area contributed by atoms with Gasteiger partial charge in [-0.3, -0.25) is 0 Å². The molecule has 101 valence electrons. The molecule has 0 spiro atoms. The Morgan fingerprint density at radius 3 is 2.57 bits per heavy atom. The number of para-hydroxylation sites is 2. The van der Waals surface area contributed by atoms with E-state index >= 15 is 0 Å². The van der Waals surface area contributed by atoms with Crippen LogP contribution in [0, 0.1) is 0 Å². The van der Waals surface area contributed by atoms with Gasteiger partial charge >= 0.3 is 0 Å². The van der Waals surface area contributed by atoms with Crippen LogP contribution in [0.2, 0.25) is 0 Å². The fraction of sp³-hybridized carbons (Fsp3) is 0.0588. The molecule has 1 aromatic heterocycles. The number of rotatable bonds is 5. The molecule has 3 nitrogen and oxygen atoms in total. The number of carbonyl (C=O) groups is 1. The highest BCUT2D eigenvalue weighted by Crippen LogP contribution is 2.12. The first kappa shape index (κ1) is 13.4. The molecule has 2 aromatic carbocycles. The van der Waals surface area contributed by atoms with Crippen LogP contribution in [0.3, 0.4) is 0 Å². The van der Waals surface area contributed by atoms with E-state index in [1.807, 2.05) is 60.7 Å². The molecule has 0 unspecified atom stereocenters. The molecule has 21 heavy (non-hydrogen) atoms. The molecule has 0 atom stereocenters. The van der Waals surface area contributed by atoms with Crippen LogP contribution in [0.25, 0.3) is 10.9 Å². The highest BCUT2D eigenvalue weighted by molar-refractivity contribution is 6.77. The van der Waals surface area contributed by atoms with E-state index in [9.17, 15) is 4.79 Å². The Morgan fingerprint density at radius 2 is 1.71 bits per heavy atom. The van der Waals surface area contributed by atoms with Crippen LogP contribution >= 0.6 is 0 Å². The van der Waals surface area contributed by atoms with Crippen LogP contribution in [0.15, 0.2) is 66.7 Å². The first-order valence-electron chi connectivity index (χ1n) is 6.74. The third-order valence-corrected chi connectivity index (χ3v) is 3.11. The van der Waals surface area contributed by atoms with Crippen molar-refractivity contribution in [2.45, 2.75) is 0 Å². The van der Waals surface area contributed by atoms with E-state index in [1.54, 1.807) is 6.07 Å². The fourth-order valence-electron chi connectivity index (χ4n) is 2.04. The summed E-state index contributed by atoms with van der Waals surface area (Å²) in [7, 11) is 1.50. The normalized spacial score (nSPS) is 10.3. The highest BCUT2D eigenvalue weighted by atomic mass is 16.5. The van der Waals surface area contributed by atoms with Gasteiger partial charge in [0.2, 0.25) is 0 Å². The lowest BCUT2D eigenvalue weighted by Crippen LogP contribution is -2.18. The molecule has 0 saturated heterocycles. The van der Waals surface area contributed by atoms with Gasteiger partial charge in [-0.05, 0) is 24.3 Å². The van der Waals surface area contributed by atoms with Crippen LogP contribution in [0.5, 0.6) is 5.75 Å². The van der Waals surface area contributed by atoms with Crippen molar-refractivity contribution >= 4 is 23.9 Å². The molecule has 0 N–H and O–H groups in total. The van der Waals surface area contributed by atoms with Gasteiger partial charge in [0.25, 0.3) is 7.28 Å². The van der Waals surface area contributed by atoms with E-state index in [0.29, 0.717) is 5.69 Å². The summed E-state index contributed by atoms with van der Waals surface area (Å²) in [6.45, 7) is 0.233. The first-order chi connectivity index (χ1) is 10.3. The third-order valence-electron chi connectivity index (χ3n) is 3.11. The van der Waals surface area contributed by atoms with Crippen molar-refractivity contribution in [2.24, 2.45) is 0 Å². The summed E-state index contributed by atoms with van der Waals surface area (Å²) in [5.41, 5.74) is 1.13. The number of carbonyl (C=O) groups excluding carboxylic acids is 1. The van der Waals surface area contributed by atoms with Crippen molar-refractivity contribution in [3.05, 3.63) is 72.4 Å². The Bertz CT molecular complexity index is 759. The quantitative estimate of drug-likeness (QED) is 0.671. The van der Waals surface area contributed by atoms with Crippen molar-refractivity contribution in [1.82, 2.24) is 4.98 Å². The zero-order valence-electron chi connectivity index (χ0n) is 11.4. The topological polar surface area (TPSA) is 39.2 Å². The molecule has 1 radical (unpaired) electrons. The minimum Gasteiger partial charge on any atom is -0.502 e. The van der Waals surface area contributed by atoms with Crippen LogP contribution in [0.1, 0.15) is 10.5 Å². The van der Waals surface area contributed by atoms with E-state index in [0.717, 1.165) is 16.7 Å². The Morgan fingerprint density at radius 1 is 0.952 bits per heavy atom. The number of nitrogens with zero attached hydrogens (tertiary/aromatic N) is 1. The van der Waals surface area contributed by atoms with Crippen LogP contribution in [-0.4, -0.2) is 24.5 Å². The number of pyridine rings is 1. The van der Waals surface area contributed by atoms with E-state index in [4.69, 9.17) is 4.74 Å². The summed E-state index contributed by atoms with van der Waals surface area (Å²) in [6, 6.07) is 20.8. The predicted octanol–water partition coefficient (Wildman–Crippen LogP) is 3.12. The number of hydrogen-bond donors (Lipinski definition) is 0. The second-order valence-electron chi connectivity index (χ2n) is 4.58. The van der Waals surface area contributed by atoms with Gasteiger partial charge in [0, 0.05) is 5.39 Å². The largest absolute Gasteiger partial charge is 0.502 e. The molecule has 4 heteroatoms. The van der Waals surface area contributed by atoms with Crippen molar-refractivity contribution in [2.75, 3.05) is 6.51 Å². The lowest BCUT2D eigenvalue weighted by molar-refractivity contribution is 0.107. The summed E-state index contributed by atoms with van der Waals surface area (Å²) in [5, 5.41) is 1.02. The Labute approximate surface area is 123 Å². The average Bonchev–Trinajstić information content (AvgIpc) is 2.55. The highest BCUT2D eigenvalue weighted by Gasteiger charge is 2.10. The van der Waals surface area contributed by atoms with E-state index < -0.39 is 0 Å². The van der Waals surface area contributed by atoms with E-state index in [2.05, 4.69) is 4.98 Å². The molecule has 0 aliphatic heterocycles. The lowest BCUT2D eigenvalue weighted by Gasteiger charge is -2.05. The molecule has 0 saturated carbocycles. The van der Waals surface area contributed by atoms with Gasteiger partial charge in [-0.15, -0.1) is 0 Å². The first-order valence-corrected chi connectivity index (χ1v) is 6.74. The number of benzene rings is 2.